The van der Waals surface area contributed by atoms with Gasteiger partial charge in [-0.05, 0) is 69.0 Å². The second kappa shape index (κ2) is 5.84. The van der Waals surface area contributed by atoms with Gasteiger partial charge in [0.2, 0.25) is 0 Å². The second-order valence-corrected chi connectivity index (χ2v) is 6.94. The zero-order valence-electron chi connectivity index (χ0n) is 13.4. The van der Waals surface area contributed by atoms with Crippen LogP contribution in [0, 0.1) is 6.92 Å². The number of aromatic hydroxyl groups is 1. The Morgan fingerprint density at radius 3 is 2.52 bits per heavy atom. The number of aryl methyl sites for hydroxylation is 1. The summed E-state index contributed by atoms with van der Waals surface area (Å²) in [6.07, 6.45) is 8.85. The first-order chi connectivity index (χ1) is 10.1. The molecule has 2 nitrogen and oxygen atoms in total. The van der Waals surface area contributed by atoms with E-state index in [-0.39, 0.29) is 5.41 Å². The SMILES string of the molecule is Cc1ccc(O)cc1C(C)(CN1CCCCC1)C1=CCC1. The minimum absolute atomic E-state index is 0.0540. The van der Waals surface area contributed by atoms with E-state index in [1.807, 2.05) is 6.07 Å². The van der Waals surface area contributed by atoms with Gasteiger partial charge in [-0.1, -0.05) is 31.1 Å². The Bertz CT molecular complexity index is 542. The minimum atomic E-state index is 0.0540. The molecule has 2 heteroatoms. The summed E-state index contributed by atoms with van der Waals surface area (Å²) in [5.41, 5.74) is 4.21. The molecule has 1 aromatic carbocycles. The molecule has 0 spiro atoms. The highest BCUT2D eigenvalue weighted by atomic mass is 16.3. The van der Waals surface area contributed by atoms with E-state index in [9.17, 15) is 5.11 Å². The molecule has 3 rings (SSSR count). The summed E-state index contributed by atoms with van der Waals surface area (Å²) in [4.78, 5) is 2.62. The number of phenolic OH excluding ortho intramolecular Hbond substituents is 1. The quantitative estimate of drug-likeness (QED) is 0.840. The van der Waals surface area contributed by atoms with Crippen molar-refractivity contribution in [2.75, 3.05) is 19.6 Å². The average Bonchev–Trinajstić information content (AvgIpc) is 2.40. The fourth-order valence-electron chi connectivity index (χ4n) is 3.92. The summed E-state index contributed by atoms with van der Waals surface area (Å²) in [6, 6.07) is 5.84. The van der Waals surface area contributed by atoms with E-state index >= 15 is 0 Å². The van der Waals surface area contributed by atoms with Crippen molar-refractivity contribution in [1.82, 2.24) is 4.90 Å². The van der Waals surface area contributed by atoms with E-state index in [0.717, 1.165) is 6.54 Å². The third-order valence-electron chi connectivity index (χ3n) is 5.32. The fourth-order valence-corrected chi connectivity index (χ4v) is 3.92. The molecule has 0 bridgehead atoms. The summed E-state index contributed by atoms with van der Waals surface area (Å²) in [5, 5.41) is 9.95. The van der Waals surface area contributed by atoms with Crippen LogP contribution >= 0.6 is 0 Å². The fraction of sp³-hybridized carbons (Fsp3) is 0.579. The number of nitrogens with zero attached hydrogens (tertiary/aromatic N) is 1. The lowest BCUT2D eigenvalue weighted by Crippen LogP contribution is -2.44. The van der Waals surface area contributed by atoms with E-state index in [4.69, 9.17) is 0 Å². The molecule has 114 valence electrons. The summed E-state index contributed by atoms with van der Waals surface area (Å²) >= 11 is 0. The molecule has 1 saturated heterocycles. The van der Waals surface area contributed by atoms with Crippen LogP contribution < -0.4 is 0 Å². The van der Waals surface area contributed by atoms with Crippen LogP contribution in [-0.4, -0.2) is 29.6 Å². The van der Waals surface area contributed by atoms with Crippen LogP contribution in [0.5, 0.6) is 5.75 Å². The lowest BCUT2D eigenvalue weighted by Gasteiger charge is -2.42. The Balaban J connectivity index is 1.94. The van der Waals surface area contributed by atoms with Crippen molar-refractivity contribution >= 4 is 0 Å². The van der Waals surface area contributed by atoms with Gasteiger partial charge in [-0.2, -0.15) is 0 Å². The van der Waals surface area contributed by atoms with Crippen LogP contribution in [0.2, 0.25) is 0 Å². The molecule has 0 radical (unpaired) electrons. The predicted molar refractivity (Wildman–Crippen MR) is 87.8 cm³/mol. The van der Waals surface area contributed by atoms with Crippen LogP contribution in [-0.2, 0) is 5.41 Å². The number of phenols is 1. The first kappa shape index (κ1) is 14.6. The molecular formula is C19H27NO. The number of likely N-dealkylation sites (tertiary alicyclic amines) is 1. The molecule has 1 fully saturated rings. The lowest BCUT2D eigenvalue weighted by atomic mass is 9.68. The van der Waals surface area contributed by atoms with E-state index in [1.165, 1.54) is 56.3 Å². The summed E-state index contributed by atoms with van der Waals surface area (Å²) < 4.78 is 0. The molecule has 1 aliphatic carbocycles. The third kappa shape index (κ3) is 2.87. The van der Waals surface area contributed by atoms with Gasteiger partial charge in [0.05, 0.1) is 0 Å². The molecule has 0 saturated carbocycles. The molecule has 1 unspecified atom stereocenters. The molecule has 1 aliphatic heterocycles. The molecule has 1 aromatic rings. The van der Waals surface area contributed by atoms with E-state index < -0.39 is 0 Å². The number of allylic oxidation sites excluding steroid dienone is 1. The molecule has 21 heavy (non-hydrogen) atoms. The van der Waals surface area contributed by atoms with Crippen LogP contribution in [0.3, 0.4) is 0 Å². The number of benzene rings is 1. The van der Waals surface area contributed by atoms with Crippen molar-refractivity contribution in [3.8, 4) is 5.75 Å². The highest BCUT2D eigenvalue weighted by molar-refractivity contribution is 5.46. The Hall–Kier alpha value is -1.28. The molecule has 1 N–H and O–H groups in total. The summed E-state index contributed by atoms with van der Waals surface area (Å²) in [7, 11) is 0. The first-order valence-corrected chi connectivity index (χ1v) is 8.31. The maximum atomic E-state index is 9.95. The summed E-state index contributed by atoms with van der Waals surface area (Å²) in [6.45, 7) is 8.07. The summed E-state index contributed by atoms with van der Waals surface area (Å²) in [5.74, 6) is 0.389. The van der Waals surface area contributed by atoms with Gasteiger partial charge < -0.3 is 10.0 Å². The average molecular weight is 285 g/mol. The zero-order valence-corrected chi connectivity index (χ0v) is 13.4. The van der Waals surface area contributed by atoms with Crippen LogP contribution in [0.4, 0.5) is 0 Å². The van der Waals surface area contributed by atoms with Gasteiger partial charge in [0.25, 0.3) is 0 Å². The highest BCUT2D eigenvalue weighted by Crippen LogP contribution is 2.42. The maximum Gasteiger partial charge on any atom is 0.115 e. The monoisotopic (exact) mass is 285 g/mol. The topological polar surface area (TPSA) is 23.5 Å². The smallest absolute Gasteiger partial charge is 0.115 e. The van der Waals surface area contributed by atoms with Gasteiger partial charge in [0, 0.05) is 12.0 Å². The highest BCUT2D eigenvalue weighted by Gasteiger charge is 2.36. The van der Waals surface area contributed by atoms with Crippen molar-refractivity contribution < 1.29 is 5.11 Å². The number of hydrogen-bond donors (Lipinski definition) is 1. The van der Waals surface area contributed by atoms with Crippen molar-refractivity contribution in [2.45, 2.75) is 51.4 Å². The Labute approximate surface area is 128 Å². The Morgan fingerprint density at radius 2 is 1.90 bits per heavy atom. The number of hydrogen-bond acceptors (Lipinski definition) is 2. The Kier molecular flexibility index (Phi) is 4.08. The molecule has 1 atom stereocenters. The zero-order chi connectivity index (χ0) is 14.9. The second-order valence-electron chi connectivity index (χ2n) is 6.94. The van der Waals surface area contributed by atoms with E-state index in [2.05, 4.69) is 30.9 Å². The van der Waals surface area contributed by atoms with Gasteiger partial charge in [0.1, 0.15) is 5.75 Å². The largest absolute Gasteiger partial charge is 0.508 e. The lowest BCUT2D eigenvalue weighted by molar-refractivity contribution is 0.192. The van der Waals surface area contributed by atoms with Gasteiger partial charge in [-0.15, -0.1) is 0 Å². The van der Waals surface area contributed by atoms with Crippen molar-refractivity contribution in [3.05, 3.63) is 41.0 Å². The van der Waals surface area contributed by atoms with Gasteiger partial charge in [-0.25, -0.2) is 0 Å². The van der Waals surface area contributed by atoms with Crippen molar-refractivity contribution in [3.63, 3.8) is 0 Å². The molecule has 1 heterocycles. The molecule has 0 amide bonds. The maximum absolute atomic E-state index is 9.95. The van der Waals surface area contributed by atoms with Crippen LogP contribution in [0.25, 0.3) is 0 Å². The van der Waals surface area contributed by atoms with Gasteiger partial charge in [-0.3, -0.25) is 0 Å². The van der Waals surface area contributed by atoms with Crippen molar-refractivity contribution in [1.29, 1.82) is 0 Å². The van der Waals surface area contributed by atoms with Crippen LogP contribution in [0.1, 0.15) is 50.2 Å². The predicted octanol–water partition coefficient (Wildman–Crippen LogP) is 4.16. The Morgan fingerprint density at radius 1 is 1.19 bits per heavy atom. The van der Waals surface area contributed by atoms with Gasteiger partial charge >= 0.3 is 0 Å². The molecular weight excluding hydrogens is 258 g/mol. The number of rotatable bonds is 4. The van der Waals surface area contributed by atoms with E-state index in [1.54, 1.807) is 11.6 Å². The molecule has 0 aromatic heterocycles. The third-order valence-corrected chi connectivity index (χ3v) is 5.32. The number of piperidine rings is 1. The van der Waals surface area contributed by atoms with Crippen LogP contribution in [0.15, 0.2) is 29.8 Å². The molecule has 2 aliphatic rings. The van der Waals surface area contributed by atoms with E-state index in [0.29, 0.717) is 5.75 Å². The standard InChI is InChI=1S/C19H27NO/c1-15-9-10-17(21)13-18(15)19(2,16-7-6-8-16)14-20-11-4-3-5-12-20/h7,9-10,13,21H,3-6,8,11-12,14H2,1-2H3. The first-order valence-electron chi connectivity index (χ1n) is 8.31. The normalized spacial score (nSPS) is 22.3. The minimum Gasteiger partial charge on any atom is -0.508 e. The van der Waals surface area contributed by atoms with Gasteiger partial charge in [0.15, 0.2) is 0 Å². The van der Waals surface area contributed by atoms with Crippen molar-refractivity contribution in [2.24, 2.45) is 0 Å².